The number of rotatable bonds is 7. The molecule has 3 unspecified atom stereocenters. The number of aryl methyl sites for hydroxylation is 1. The minimum atomic E-state index is -4.50. The van der Waals surface area contributed by atoms with Crippen molar-refractivity contribution < 1.29 is 26.8 Å². The number of carbonyl (C=O) groups excluding carboxylic acids is 1. The summed E-state index contributed by atoms with van der Waals surface area (Å²) in [6.45, 7) is 5.84. The molecule has 0 bridgehead atoms. The van der Waals surface area contributed by atoms with Gasteiger partial charge in [0.25, 0.3) is 0 Å². The lowest BCUT2D eigenvalue weighted by atomic mass is 9.58. The van der Waals surface area contributed by atoms with Crippen LogP contribution in [0.2, 0.25) is 18.1 Å². The van der Waals surface area contributed by atoms with Crippen molar-refractivity contribution in [2.45, 2.75) is 94.6 Å². The molecule has 1 aromatic heterocycles. The predicted octanol–water partition coefficient (Wildman–Crippen LogP) is 8.06. The maximum atomic E-state index is 14.9. The van der Waals surface area contributed by atoms with E-state index in [2.05, 4.69) is 5.10 Å². The highest BCUT2D eigenvalue weighted by molar-refractivity contribution is 6.73. The lowest BCUT2D eigenvalue weighted by Gasteiger charge is -2.52. The van der Waals surface area contributed by atoms with Gasteiger partial charge in [0, 0.05) is 5.39 Å². The molecule has 0 amide bonds. The highest BCUT2D eigenvalue weighted by Gasteiger charge is 2.64. The van der Waals surface area contributed by atoms with Crippen molar-refractivity contribution in [3.8, 4) is 5.69 Å². The third-order valence-corrected chi connectivity index (χ3v) is 14.4. The Bertz CT molecular complexity index is 1340. The van der Waals surface area contributed by atoms with Crippen LogP contribution < -0.4 is 0 Å². The average molecular weight is 561 g/mol. The molecule has 9 heteroatoms. The number of hydrogen-bond donors (Lipinski definition) is 0. The van der Waals surface area contributed by atoms with Crippen LogP contribution in [0.25, 0.3) is 16.6 Å². The minimum Gasteiger partial charge on any atom is -0.403 e. The molecule has 0 spiro atoms. The van der Waals surface area contributed by atoms with Gasteiger partial charge in [-0.05, 0) is 110 Å². The van der Waals surface area contributed by atoms with E-state index in [4.69, 9.17) is 4.43 Å². The number of aldehydes is 1. The second kappa shape index (κ2) is 10.1. The van der Waals surface area contributed by atoms with E-state index >= 15 is 0 Å². The summed E-state index contributed by atoms with van der Waals surface area (Å²) in [5, 5.41) is 5.31. The van der Waals surface area contributed by atoms with Gasteiger partial charge in [-0.25, -0.2) is 9.07 Å². The smallest absolute Gasteiger partial charge is 0.403 e. The van der Waals surface area contributed by atoms with Crippen LogP contribution in [0.15, 0.2) is 42.6 Å². The highest BCUT2D eigenvalue weighted by Crippen LogP contribution is 2.57. The summed E-state index contributed by atoms with van der Waals surface area (Å²) in [6, 6.07) is 11.9. The zero-order valence-electron chi connectivity index (χ0n) is 22.8. The van der Waals surface area contributed by atoms with Gasteiger partial charge in [0.15, 0.2) is 13.9 Å². The summed E-state index contributed by atoms with van der Waals surface area (Å²) >= 11 is 0. The first kappa shape index (κ1) is 28.0. The summed E-state index contributed by atoms with van der Waals surface area (Å²) < 4.78 is 66.2. The lowest BCUT2D eigenvalue weighted by molar-refractivity contribution is -0.270. The highest BCUT2D eigenvalue weighted by atomic mass is 28.4. The van der Waals surface area contributed by atoms with E-state index < -0.39 is 31.4 Å². The number of benzene rings is 2. The molecule has 3 aromatic rings. The van der Waals surface area contributed by atoms with Crippen molar-refractivity contribution in [2.75, 3.05) is 0 Å². The molecule has 210 valence electrons. The van der Waals surface area contributed by atoms with Gasteiger partial charge in [0.1, 0.15) is 12.1 Å². The molecule has 0 radical (unpaired) electrons. The summed E-state index contributed by atoms with van der Waals surface area (Å²) in [4.78, 5) is 13.0. The Kier molecular flexibility index (Phi) is 7.29. The van der Waals surface area contributed by atoms with E-state index in [9.17, 15) is 22.4 Å². The number of nitrogens with zero attached hydrogens (tertiary/aromatic N) is 2. The van der Waals surface area contributed by atoms with Crippen molar-refractivity contribution >= 4 is 25.5 Å². The first-order chi connectivity index (χ1) is 18.6. The molecule has 4 nitrogen and oxygen atoms in total. The molecule has 0 saturated heterocycles. The quantitative estimate of drug-likeness (QED) is 0.167. The van der Waals surface area contributed by atoms with E-state index in [0.717, 1.165) is 28.3 Å². The van der Waals surface area contributed by atoms with Gasteiger partial charge < -0.3 is 9.22 Å². The molecule has 39 heavy (non-hydrogen) atoms. The van der Waals surface area contributed by atoms with Gasteiger partial charge in [-0.1, -0.05) is 20.8 Å². The molecule has 1 saturated carbocycles. The molecule has 2 aromatic carbocycles. The molecule has 1 heterocycles. The topological polar surface area (TPSA) is 44.1 Å². The fourth-order valence-corrected chi connectivity index (χ4v) is 10.2. The van der Waals surface area contributed by atoms with Gasteiger partial charge in [0.2, 0.25) is 0 Å². The van der Waals surface area contributed by atoms with Crippen LogP contribution in [0.5, 0.6) is 0 Å². The third-order valence-electron chi connectivity index (χ3n) is 9.68. The minimum absolute atomic E-state index is 0.104. The van der Waals surface area contributed by atoms with Crippen molar-refractivity contribution in [3.63, 3.8) is 0 Å². The fourth-order valence-electron chi connectivity index (χ4n) is 7.10. The molecular formula is C30H36F4N2O2Si. The monoisotopic (exact) mass is 560 g/mol. The van der Waals surface area contributed by atoms with E-state index in [-0.39, 0.29) is 25.1 Å². The number of halogens is 4. The van der Waals surface area contributed by atoms with Gasteiger partial charge in [-0.3, -0.25) is 0 Å². The summed E-state index contributed by atoms with van der Waals surface area (Å²) in [7, 11) is -2.57. The van der Waals surface area contributed by atoms with Crippen molar-refractivity contribution in [1.29, 1.82) is 0 Å². The number of hydrogen-bond acceptors (Lipinski definition) is 3. The van der Waals surface area contributed by atoms with Gasteiger partial charge >= 0.3 is 6.18 Å². The van der Waals surface area contributed by atoms with Crippen molar-refractivity contribution in [2.24, 2.45) is 5.92 Å². The maximum Gasteiger partial charge on any atom is 0.416 e. The molecule has 0 aliphatic heterocycles. The Hall–Kier alpha value is -2.52. The molecule has 2 aliphatic carbocycles. The van der Waals surface area contributed by atoms with Gasteiger partial charge in [-0.2, -0.15) is 18.3 Å². The number of carbonyl (C=O) groups is 1. The third kappa shape index (κ3) is 4.55. The summed E-state index contributed by atoms with van der Waals surface area (Å²) in [6.07, 6.45) is -0.284. The average Bonchev–Trinajstić information content (AvgIpc) is 3.27. The van der Waals surface area contributed by atoms with Crippen LogP contribution >= 0.6 is 0 Å². The van der Waals surface area contributed by atoms with E-state index in [1.807, 2.05) is 32.9 Å². The zero-order chi connectivity index (χ0) is 28.1. The molecule has 2 aliphatic rings. The molecule has 0 N–H and O–H groups in total. The predicted molar refractivity (Wildman–Crippen MR) is 146 cm³/mol. The van der Waals surface area contributed by atoms with Crippen LogP contribution in [0.3, 0.4) is 0 Å². The largest absolute Gasteiger partial charge is 0.416 e. The van der Waals surface area contributed by atoms with Crippen LogP contribution in [0.4, 0.5) is 17.6 Å². The number of fused-ring (bicyclic) bond motifs is 4. The van der Waals surface area contributed by atoms with Crippen molar-refractivity contribution in [3.05, 3.63) is 59.5 Å². The van der Waals surface area contributed by atoms with E-state index in [0.29, 0.717) is 43.1 Å². The van der Waals surface area contributed by atoms with Crippen LogP contribution in [0.1, 0.15) is 64.0 Å². The molecule has 1 fully saturated rings. The van der Waals surface area contributed by atoms with E-state index in [1.165, 1.54) is 12.1 Å². The second-order valence-corrected chi connectivity index (χ2v) is 16.1. The Morgan fingerprint density at radius 3 is 2.41 bits per heavy atom. The Morgan fingerprint density at radius 1 is 1.10 bits per heavy atom. The molecular weight excluding hydrogens is 524 g/mol. The van der Waals surface area contributed by atoms with Crippen LogP contribution in [-0.4, -0.2) is 36.2 Å². The fraction of sp³-hybridized carbons (Fsp3) is 0.533. The SMILES string of the molecule is CC[Si](CC)(CC)OC1(C(F)(F)F)CCC2(C=O)c3cc4cnn(-c5ccc(F)cc5)c4cc3CCCC2C1. The second-order valence-electron chi connectivity index (χ2n) is 11.4. The normalized spacial score (nSPS) is 25.7. The molecule has 5 rings (SSSR count). The van der Waals surface area contributed by atoms with Gasteiger partial charge in [-0.15, -0.1) is 0 Å². The summed E-state index contributed by atoms with van der Waals surface area (Å²) in [5.74, 6) is -0.801. The zero-order valence-corrected chi connectivity index (χ0v) is 23.8. The Balaban J connectivity index is 1.58. The first-order valence-corrected chi connectivity index (χ1v) is 16.6. The van der Waals surface area contributed by atoms with Crippen LogP contribution in [-0.2, 0) is 21.1 Å². The number of aromatic nitrogens is 2. The Labute approximate surface area is 227 Å². The maximum absolute atomic E-state index is 14.9. The van der Waals surface area contributed by atoms with Crippen LogP contribution in [0, 0.1) is 11.7 Å². The standard InChI is InChI=1S/C30H36F4N2O2Si/c1-4-39(5-2,6-3)38-29(30(32,33)34)15-14-28(20-37)23(18-29)9-7-8-21-17-27-22(16-26(21)28)19-35-36(27)25-12-10-24(31)11-13-25/h10-13,16-17,19-20,23H,4-9,14-15,18H2,1-3H3. The van der Waals surface area contributed by atoms with Crippen molar-refractivity contribution in [1.82, 2.24) is 9.78 Å². The Morgan fingerprint density at radius 2 is 1.79 bits per heavy atom. The lowest BCUT2D eigenvalue weighted by Crippen LogP contribution is -2.61. The van der Waals surface area contributed by atoms with Gasteiger partial charge in [0.05, 0.1) is 22.8 Å². The number of alkyl halides is 3. The summed E-state index contributed by atoms with van der Waals surface area (Å²) in [5.41, 5.74) is 0.134. The first-order valence-electron chi connectivity index (χ1n) is 14.1. The van der Waals surface area contributed by atoms with E-state index in [1.54, 1.807) is 23.0 Å². The molecule has 3 atom stereocenters.